The fourth-order valence-electron chi connectivity index (χ4n) is 3.72. The molecule has 120 valence electrons. The molecule has 0 aliphatic heterocycles. The monoisotopic (exact) mass is 296 g/mol. The molecule has 1 atom stereocenters. The smallest absolute Gasteiger partial charge is 0.326 e. The summed E-state index contributed by atoms with van der Waals surface area (Å²) in [5.74, 6) is -1.05. The molecule has 0 aromatic heterocycles. The summed E-state index contributed by atoms with van der Waals surface area (Å²) >= 11 is 0. The van der Waals surface area contributed by atoms with E-state index >= 15 is 0 Å². The fraction of sp³-hybridized carbons (Fsp3) is 0.750. The van der Waals surface area contributed by atoms with Gasteiger partial charge in [0.15, 0.2) is 0 Å². The number of carboxylic acids is 1. The SMILES string of the molecule is C=CCC(NC(=O)NC1CC(C)(C)CC(C)(C)C1)C(=O)O. The Morgan fingerprint density at radius 3 is 2.24 bits per heavy atom. The van der Waals surface area contributed by atoms with Gasteiger partial charge < -0.3 is 15.7 Å². The molecule has 0 heterocycles. The molecule has 5 nitrogen and oxygen atoms in total. The summed E-state index contributed by atoms with van der Waals surface area (Å²) in [6.07, 6.45) is 4.64. The Labute approximate surface area is 127 Å². The van der Waals surface area contributed by atoms with Gasteiger partial charge in [-0.25, -0.2) is 9.59 Å². The first-order valence-corrected chi connectivity index (χ1v) is 7.45. The number of aliphatic carboxylic acids is 1. The van der Waals surface area contributed by atoms with Crippen molar-refractivity contribution in [3.8, 4) is 0 Å². The second kappa shape index (κ2) is 6.50. The minimum atomic E-state index is -1.05. The van der Waals surface area contributed by atoms with Crippen LogP contribution in [0.15, 0.2) is 12.7 Å². The van der Waals surface area contributed by atoms with Gasteiger partial charge in [-0.05, 0) is 36.5 Å². The largest absolute Gasteiger partial charge is 0.480 e. The van der Waals surface area contributed by atoms with Gasteiger partial charge in [-0.3, -0.25) is 0 Å². The van der Waals surface area contributed by atoms with E-state index in [0.717, 1.165) is 19.3 Å². The molecule has 1 aliphatic rings. The molecule has 0 bridgehead atoms. The Balaban J connectivity index is 2.61. The Kier molecular flexibility index (Phi) is 5.42. The van der Waals surface area contributed by atoms with Crippen LogP contribution in [-0.2, 0) is 4.79 Å². The van der Waals surface area contributed by atoms with Crippen molar-refractivity contribution in [1.29, 1.82) is 0 Å². The second-order valence-electron chi connectivity index (χ2n) is 7.64. The number of hydrogen-bond acceptors (Lipinski definition) is 2. The van der Waals surface area contributed by atoms with E-state index in [1.54, 1.807) is 0 Å². The van der Waals surface area contributed by atoms with Crippen molar-refractivity contribution in [2.24, 2.45) is 10.8 Å². The summed E-state index contributed by atoms with van der Waals surface area (Å²) < 4.78 is 0. The van der Waals surface area contributed by atoms with Crippen LogP contribution in [0.2, 0.25) is 0 Å². The zero-order chi connectivity index (χ0) is 16.3. The van der Waals surface area contributed by atoms with Crippen LogP contribution in [0.25, 0.3) is 0 Å². The van der Waals surface area contributed by atoms with Gasteiger partial charge in [-0.1, -0.05) is 33.8 Å². The van der Waals surface area contributed by atoms with Crippen molar-refractivity contribution < 1.29 is 14.7 Å². The molecule has 3 N–H and O–H groups in total. The highest BCUT2D eigenvalue weighted by molar-refractivity contribution is 5.82. The maximum absolute atomic E-state index is 12.0. The summed E-state index contributed by atoms with van der Waals surface area (Å²) in [5, 5.41) is 14.5. The predicted molar refractivity (Wildman–Crippen MR) is 83.1 cm³/mol. The van der Waals surface area contributed by atoms with E-state index in [4.69, 9.17) is 5.11 Å². The van der Waals surface area contributed by atoms with E-state index in [9.17, 15) is 9.59 Å². The maximum atomic E-state index is 12.0. The number of carboxylic acid groups (broad SMARTS) is 1. The van der Waals surface area contributed by atoms with Crippen LogP contribution < -0.4 is 10.6 Å². The number of carbonyl (C=O) groups is 2. The minimum Gasteiger partial charge on any atom is -0.480 e. The number of amides is 2. The van der Waals surface area contributed by atoms with Crippen LogP contribution in [0.5, 0.6) is 0 Å². The molecule has 2 amide bonds. The first-order chi connectivity index (χ1) is 9.54. The third-order valence-corrected chi connectivity index (χ3v) is 3.90. The van der Waals surface area contributed by atoms with Gasteiger partial charge in [-0.15, -0.1) is 6.58 Å². The Bertz CT molecular complexity index is 400. The van der Waals surface area contributed by atoms with Crippen LogP contribution in [-0.4, -0.2) is 29.2 Å². The van der Waals surface area contributed by atoms with Crippen LogP contribution in [0, 0.1) is 10.8 Å². The maximum Gasteiger partial charge on any atom is 0.326 e. The second-order valence-corrected chi connectivity index (χ2v) is 7.64. The number of carbonyl (C=O) groups excluding carboxylic acids is 1. The van der Waals surface area contributed by atoms with Gasteiger partial charge in [0.05, 0.1) is 0 Å². The van der Waals surface area contributed by atoms with Gasteiger partial charge in [0.1, 0.15) is 6.04 Å². The summed E-state index contributed by atoms with van der Waals surface area (Å²) in [6, 6.07) is -1.27. The summed E-state index contributed by atoms with van der Waals surface area (Å²) in [5.41, 5.74) is 0.347. The van der Waals surface area contributed by atoms with Gasteiger partial charge in [-0.2, -0.15) is 0 Å². The average molecular weight is 296 g/mol. The summed E-state index contributed by atoms with van der Waals surface area (Å²) in [7, 11) is 0. The molecule has 1 unspecified atom stereocenters. The van der Waals surface area contributed by atoms with Crippen molar-refractivity contribution in [2.75, 3.05) is 0 Å². The summed E-state index contributed by atoms with van der Waals surface area (Å²) in [4.78, 5) is 23.0. The van der Waals surface area contributed by atoms with E-state index < -0.39 is 18.0 Å². The normalized spacial score (nSPS) is 22.1. The Hall–Kier alpha value is -1.52. The highest BCUT2D eigenvalue weighted by atomic mass is 16.4. The fourth-order valence-corrected chi connectivity index (χ4v) is 3.72. The van der Waals surface area contributed by atoms with Crippen LogP contribution in [0.1, 0.15) is 53.4 Å². The highest BCUT2D eigenvalue weighted by Crippen LogP contribution is 2.45. The van der Waals surface area contributed by atoms with Crippen molar-refractivity contribution in [3.05, 3.63) is 12.7 Å². The van der Waals surface area contributed by atoms with E-state index in [2.05, 4.69) is 44.9 Å². The molecule has 0 spiro atoms. The molecule has 1 aliphatic carbocycles. The molecule has 0 radical (unpaired) electrons. The number of hydrogen-bond donors (Lipinski definition) is 3. The van der Waals surface area contributed by atoms with Crippen LogP contribution in [0.4, 0.5) is 4.79 Å². The molecule has 5 heteroatoms. The molecule has 1 rings (SSSR count). The van der Waals surface area contributed by atoms with E-state index in [0.29, 0.717) is 0 Å². The standard InChI is InChI=1S/C16H28N2O3/c1-6-7-12(13(19)20)18-14(21)17-11-8-15(2,3)10-16(4,5)9-11/h6,11-12H,1,7-10H2,2-5H3,(H,19,20)(H2,17,18,21). The van der Waals surface area contributed by atoms with Gasteiger partial charge in [0.25, 0.3) is 0 Å². The van der Waals surface area contributed by atoms with Crippen molar-refractivity contribution in [1.82, 2.24) is 10.6 Å². The lowest BCUT2D eigenvalue weighted by Crippen LogP contribution is -2.52. The third kappa shape index (κ3) is 5.78. The van der Waals surface area contributed by atoms with Gasteiger partial charge in [0.2, 0.25) is 0 Å². The van der Waals surface area contributed by atoms with E-state index in [1.807, 2.05) is 0 Å². The van der Waals surface area contributed by atoms with Crippen molar-refractivity contribution in [2.45, 2.75) is 65.5 Å². The van der Waals surface area contributed by atoms with Gasteiger partial charge in [0, 0.05) is 6.04 Å². The van der Waals surface area contributed by atoms with Crippen molar-refractivity contribution in [3.63, 3.8) is 0 Å². The quantitative estimate of drug-likeness (QED) is 0.683. The number of urea groups is 1. The first kappa shape index (κ1) is 17.5. The third-order valence-electron chi connectivity index (χ3n) is 3.90. The Morgan fingerprint density at radius 1 is 1.29 bits per heavy atom. The predicted octanol–water partition coefficient (Wildman–Crippen LogP) is 2.92. The Morgan fingerprint density at radius 2 is 1.81 bits per heavy atom. The molecule has 21 heavy (non-hydrogen) atoms. The minimum absolute atomic E-state index is 0.0712. The molecular weight excluding hydrogens is 268 g/mol. The van der Waals surface area contributed by atoms with Crippen LogP contribution in [0.3, 0.4) is 0 Å². The van der Waals surface area contributed by atoms with E-state index in [1.165, 1.54) is 6.08 Å². The molecule has 0 aromatic carbocycles. The lowest BCUT2D eigenvalue weighted by Gasteiger charge is -2.45. The zero-order valence-electron chi connectivity index (χ0n) is 13.5. The van der Waals surface area contributed by atoms with Crippen LogP contribution >= 0.6 is 0 Å². The lowest BCUT2D eigenvalue weighted by molar-refractivity contribution is -0.139. The molecule has 1 fully saturated rings. The topological polar surface area (TPSA) is 78.4 Å². The zero-order valence-corrected chi connectivity index (χ0v) is 13.5. The number of rotatable bonds is 5. The molecule has 1 saturated carbocycles. The highest BCUT2D eigenvalue weighted by Gasteiger charge is 2.39. The lowest BCUT2D eigenvalue weighted by atomic mass is 9.63. The molecule has 0 aromatic rings. The first-order valence-electron chi connectivity index (χ1n) is 7.45. The number of nitrogens with one attached hydrogen (secondary N) is 2. The summed E-state index contributed by atoms with van der Waals surface area (Å²) in [6.45, 7) is 12.3. The van der Waals surface area contributed by atoms with E-state index in [-0.39, 0.29) is 23.3 Å². The van der Waals surface area contributed by atoms with Gasteiger partial charge >= 0.3 is 12.0 Å². The average Bonchev–Trinajstić information content (AvgIpc) is 2.23. The molecular formula is C16H28N2O3. The molecule has 0 saturated heterocycles. The van der Waals surface area contributed by atoms with Crippen molar-refractivity contribution >= 4 is 12.0 Å².